The lowest BCUT2D eigenvalue weighted by atomic mass is 9.99. The molecule has 0 saturated carbocycles. The molecule has 2 heterocycles. The average Bonchev–Trinajstić information content (AvgIpc) is 2.48. The molecular weight excluding hydrogens is 306 g/mol. The van der Waals surface area contributed by atoms with Crippen molar-refractivity contribution >= 4 is 21.5 Å². The minimum Gasteiger partial charge on any atom is -0.368 e. The molecule has 2 aliphatic heterocycles. The van der Waals surface area contributed by atoms with Crippen molar-refractivity contribution < 1.29 is 22.7 Å². The van der Waals surface area contributed by atoms with Crippen LogP contribution in [-0.2, 0) is 19.4 Å². The fourth-order valence-electron chi connectivity index (χ4n) is 2.93. The highest BCUT2D eigenvalue weighted by molar-refractivity contribution is 7.92. The van der Waals surface area contributed by atoms with Crippen molar-refractivity contribution in [3.8, 4) is 0 Å². The zero-order valence-corrected chi connectivity index (χ0v) is 13.0. The summed E-state index contributed by atoms with van der Waals surface area (Å²) in [6.07, 6.45) is -1.03. The van der Waals surface area contributed by atoms with E-state index in [1.165, 1.54) is 7.11 Å². The van der Waals surface area contributed by atoms with Gasteiger partial charge in [-0.05, 0) is 12.5 Å². The number of fused-ring (bicyclic) bond motifs is 1. The van der Waals surface area contributed by atoms with Crippen LogP contribution in [0, 0.1) is 0 Å². The molecule has 1 aromatic rings. The van der Waals surface area contributed by atoms with Crippen molar-refractivity contribution in [2.75, 3.05) is 12.9 Å². The van der Waals surface area contributed by atoms with E-state index in [2.05, 4.69) is 0 Å². The van der Waals surface area contributed by atoms with Crippen molar-refractivity contribution in [1.82, 2.24) is 4.90 Å². The van der Waals surface area contributed by atoms with E-state index < -0.39 is 27.2 Å². The summed E-state index contributed by atoms with van der Waals surface area (Å²) in [5, 5.41) is -1.10. The molecule has 2 aliphatic rings. The maximum atomic E-state index is 12.7. The van der Waals surface area contributed by atoms with Gasteiger partial charge >= 0.3 is 0 Å². The first-order chi connectivity index (χ1) is 10.4. The smallest absolute Gasteiger partial charge is 0.260 e. The summed E-state index contributed by atoms with van der Waals surface area (Å²) >= 11 is 0. The van der Waals surface area contributed by atoms with E-state index in [0.29, 0.717) is 11.1 Å². The van der Waals surface area contributed by atoms with Crippen LogP contribution in [0.5, 0.6) is 0 Å². The van der Waals surface area contributed by atoms with Crippen LogP contribution in [-0.4, -0.2) is 49.3 Å². The lowest BCUT2D eigenvalue weighted by molar-refractivity contribution is -0.158. The Kier molecular flexibility index (Phi) is 3.41. The first-order valence-corrected chi connectivity index (χ1v) is 8.47. The molecule has 1 fully saturated rings. The minimum absolute atomic E-state index is 0.157. The SMILES string of the molecule is CO[C@H]1C(=O)N2C(C(=O)c3ccccc3)=C(C)CS(=O)(=O)[C@H]12. The van der Waals surface area contributed by atoms with E-state index in [4.69, 9.17) is 4.74 Å². The molecule has 6 nitrogen and oxygen atoms in total. The normalized spacial score (nSPS) is 26.5. The van der Waals surface area contributed by atoms with Crippen molar-refractivity contribution in [1.29, 1.82) is 0 Å². The van der Waals surface area contributed by atoms with Crippen LogP contribution in [0.15, 0.2) is 41.6 Å². The molecule has 1 amide bonds. The number of amides is 1. The van der Waals surface area contributed by atoms with Gasteiger partial charge in [0.2, 0.25) is 5.78 Å². The molecule has 2 atom stereocenters. The van der Waals surface area contributed by atoms with Crippen molar-refractivity contribution in [2.45, 2.75) is 18.4 Å². The van der Waals surface area contributed by atoms with Gasteiger partial charge in [0.05, 0.1) is 11.4 Å². The summed E-state index contributed by atoms with van der Waals surface area (Å²) in [7, 11) is -2.25. The van der Waals surface area contributed by atoms with Gasteiger partial charge < -0.3 is 4.74 Å². The predicted octanol–water partition coefficient (Wildman–Crippen LogP) is 0.755. The number of hydrogen-bond acceptors (Lipinski definition) is 5. The van der Waals surface area contributed by atoms with Gasteiger partial charge in [-0.2, -0.15) is 0 Å². The third kappa shape index (κ3) is 2.00. The molecule has 3 rings (SSSR count). The minimum atomic E-state index is -3.55. The van der Waals surface area contributed by atoms with Gasteiger partial charge in [-0.15, -0.1) is 0 Å². The molecule has 0 unspecified atom stereocenters. The lowest BCUT2D eigenvalue weighted by Crippen LogP contribution is -2.70. The topological polar surface area (TPSA) is 80.8 Å². The van der Waals surface area contributed by atoms with Gasteiger partial charge in [-0.3, -0.25) is 14.5 Å². The summed E-state index contributed by atoms with van der Waals surface area (Å²) in [4.78, 5) is 25.9. The van der Waals surface area contributed by atoms with Gasteiger partial charge in [0, 0.05) is 12.7 Å². The number of sulfone groups is 1. The molecule has 1 aromatic carbocycles. The molecule has 1 saturated heterocycles. The van der Waals surface area contributed by atoms with Crippen LogP contribution in [0.2, 0.25) is 0 Å². The van der Waals surface area contributed by atoms with Crippen LogP contribution >= 0.6 is 0 Å². The molecular formula is C15H15NO5S. The van der Waals surface area contributed by atoms with Gasteiger partial charge in [-0.25, -0.2) is 8.42 Å². The largest absolute Gasteiger partial charge is 0.368 e. The summed E-state index contributed by atoms with van der Waals surface area (Å²) in [5.74, 6) is -1.08. The van der Waals surface area contributed by atoms with Gasteiger partial charge in [-0.1, -0.05) is 30.3 Å². The van der Waals surface area contributed by atoms with E-state index in [9.17, 15) is 18.0 Å². The van der Waals surface area contributed by atoms with Gasteiger partial charge in [0.25, 0.3) is 5.91 Å². The Labute approximate surface area is 128 Å². The van der Waals surface area contributed by atoms with E-state index in [1.54, 1.807) is 37.3 Å². The number of hydrogen-bond donors (Lipinski definition) is 0. The molecule has 116 valence electrons. The first kappa shape index (κ1) is 14.9. The number of rotatable bonds is 3. The van der Waals surface area contributed by atoms with Crippen LogP contribution in [0.25, 0.3) is 0 Å². The second-order valence-electron chi connectivity index (χ2n) is 5.39. The van der Waals surface area contributed by atoms with Crippen LogP contribution in [0.3, 0.4) is 0 Å². The number of benzene rings is 1. The van der Waals surface area contributed by atoms with Gasteiger partial charge in [0.15, 0.2) is 21.3 Å². The molecule has 0 N–H and O–H groups in total. The second kappa shape index (κ2) is 5.03. The van der Waals surface area contributed by atoms with E-state index in [0.717, 1.165) is 4.90 Å². The zero-order chi connectivity index (χ0) is 16.1. The second-order valence-corrected chi connectivity index (χ2v) is 7.48. The standard InChI is InChI=1S/C15H15NO5S/c1-9-8-22(19,20)15-13(21-2)14(18)16(15)11(9)12(17)10-6-4-3-5-7-10/h3-7,13,15H,8H2,1-2H3/t13-,15+/m0/s1. The Morgan fingerprint density at radius 1 is 1.27 bits per heavy atom. The van der Waals surface area contributed by atoms with Crippen LogP contribution in [0.1, 0.15) is 17.3 Å². The number of methoxy groups -OCH3 is 1. The Morgan fingerprint density at radius 3 is 2.50 bits per heavy atom. The van der Waals surface area contributed by atoms with E-state index in [1.807, 2.05) is 0 Å². The zero-order valence-electron chi connectivity index (χ0n) is 12.1. The maximum absolute atomic E-state index is 12.7. The number of ketones is 1. The monoisotopic (exact) mass is 321 g/mol. The lowest BCUT2D eigenvalue weighted by Gasteiger charge is -2.48. The van der Waals surface area contributed by atoms with Crippen molar-refractivity contribution in [3.63, 3.8) is 0 Å². The number of β-lactam (4-membered cyclic amide) rings is 1. The van der Waals surface area contributed by atoms with Gasteiger partial charge in [0.1, 0.15) is 0 Å². The number of allylic oxidation sites excluding steroid dienone is 1. The predicted molar refractivity (Wildman–Crippen MR) is 78.7 cm³/mol. The quantitative estimate of drug-likeness (QED) is 0.606. The van der Waals surface area contributed by atoms with Crippen molar-refractivity contribution in [3.05, 3.63) is 47.2 Å². The van der Waals surface area contributed by atoms with Crippen LogP contribution in [0.4, 0.5) is 0 Å². The summed E-state index contributed by atoms with van der Waals surface area (Å²) < 4.78 is 29.5. The Bertz CT molecular complexity index is 781. The van der Waals surface area contributed by atoms with E-state index >= 15 is 0 Å². The first-order valence-electron chi connectivity index (χ1n) is 6.75. The molecule has 0 bridgehead atoms. The number of Topliss-reactive ketones (excluding diaryl/α,β-unsaturated/α-hetero) is 1. The Morgan fingerprint density at radius 2 is 1.91 bits per heavy atom. The summed E-state index contributed by atoms with van der Waals surface area (Å²) in [6, 6.07) is 8.49. The fraction of sp³-hybridized carbons (Fsp3) is 0.333. The number of carbonyl (C=O) groups is 2. The molecule has 7 heteroatoms. The van der Waals surface area contributed by atoms with Crippen molar-refractivity contribution in [2.24, 2.45) is 0 Å². The number of carbonyl (C=O) groups excluding carboxylic acids is 2. The average molecular weight is 321 g/mol. The Balaban J connectivity index is 2.08. The summed E-state index contributed by atoms with van der Waals surface area (Å²) in [6.45, 7) is 1.57. The molecule has 0 aromatic heterocycles. The highest BCUT2D eigenvalue weighted by atomic mass is 32.2. The molecule has 0 aliphatic carbocycles. The fourth-order valence-corrected chi connectivity index (χ4v) is 4.98. The molecule has 0 radical (unpaired) electrons. The van der Waals surface area contributed by atoms with E-state index in [-0.39, 0.29) is 17.2 Å². The Hall–Kier alpha value is -1.99. The summed E-state index contributed by atoms with van der Waals surface area (Å²) in [5.41, 5.74) is 0.959. The number of ether oxygens (including phenoxy) is 1. The maximum Gasteiger partial charge on any atom is 0.260 e. The highest BCUT2D eigenvalue weighted by Gasteiger charge is 2.59. The molecule has 0 spiro atoms. The molecule has 22 heavy (non-hydrogen) atoms. The highest BCUT2D eigenvalue weighted by Crippen LogP contribution is 2.38. The number of nitrogens with zero attached hydrogens (tertiary/aromatic N) is 1. The van der Waals surface area contributed by atoms with Crippen LogP contribution < -0.4 is 0 Å². The third-order valence-electron chi connectivity index (χ3n) is 3.93. The third-order valence-corrected chi connectivity index (χ3v) is 5.96.